The summed E-state index contributed by atoms with van der Waals surface area (Å²) in [6.45, 7) is 0. The van der Waals surface area contributed by atoms with E-state index in [1.807, 2.05) is 42.5 Å². The Labute approximate surface area is 183 Å². The number of rotatable bonds is 4. The van der Waals surface area contributed by atoms with Gasteiger partial charge in [-0.3, -0.25) is 9.69 Å². The third-order valence-corrected chi connectivity index (χ3v) is 5.50. The predicted molar refractivity (Wildman–Crippen MR) is 119 cm³/mol. The van der Waals surface area contributed by atoms with Crippen LogP contribution in [0.2, 0.25) is 5.02 Å². The Kier molecular flexibility index (Phi) is 4.80. The molecule has 3 heterocycles. The minimum atomic E-state index is -0.403. The van der Waals surface area contributed by atoms with Gasteiger partial charge in [0.1, 0.15) is 12.1 Å². The molecular weight excluding hydrogens is 412 g/mol. The molecule has 5 rings (SSSR count). The molecule has 31 heavy (non-hydrogen) atoms. The molecule has 2 N–H and O–H groups in total. The summed E-state index contributed by atoms with van der Waals surface area (Å²) in [6.07, 6.45) is 8.36. The Hall–Kier alpha value is -3.84. The van der Waals surface area contributed by atoms with Gasteiger partial charge in [0.05, 0.1) is 24.0 Å². The second-order valence-corrected chi connectivity index (χ2v) is 7.70. The van der Waals surface area contributed by atoms with E-state index in [0.29, 0.717) is 23.1 Å². The molecule has 0 spiro atoms. The Morgan fingerprint density at radius 1 is 0.968 bits per heavy atom. The Morgan fingerprint density at radius 2 is 1.77 bits per heavy atom. The van der Waals surface area contributed by atoms with Gasteiger partial charge in [-0.2, -0.15) is 0 Å². The zero-order valence-electron chi connectivity index (χ0n) is 16.3. The van der Waals surface area contributed by atoms with Crippen LogP contribution in [0.15, 0.2) is 73.6 Å². The molecule has 0 radical (unpaired) electrons. The molecule has 0 fully saturated rings. The van der Waals surface area contributed by atoms with Crippen LogP contribution in [-0.4, -0.2) is 25.8 Å². The van der Waals surface area contributed by atoms with E-state index in [1.165, 1.54) is 18.7 Å². The van der Waals surface area contributed by atoms with Crippen LogP contribution in [0, 0.1) is 0 Å². The summed E-state index contributed by atoms with van der Waals surface area (Å²) in [4.78, 5) is 31.7. The lowest BCUT2D eigenvalue weighted by atomic mass is 9.92. The highest BCUT2D eigenvalue weighted by atomic mass is 35.5. The van der Waals surface area contributed by atoms with Crippen molar-refractivity contribution in [2.75, 3.05) is 10.6 Å². The van der Waals surface area contributed by atoms with Gasteiger partial charge >= 0.3 is 0 Å². The van der Waals surface area contributed by atoms with E-state index in [4.69, 9.17) is 17.3 Å². The minimum absolute atomic E-state index is 0.0823. The molecule has 152 valence electrons. The van der Waals surface area contributed by atoms with Crippen LogP contribution in [0.5, 0.6) is 0 Å². The van der Waals surface area contributed by atoms with Crippen molar-refractivity contribution in [2.24, 2.45) is 0 Å². The van der Waals surface area contributed by atoms with Crippen LogP contribution < -0.4 is 10.6 Å². The third kappa shape index (κ3) is 3.60. The Balaban J connectivity index is 1.62. The summed E-state index contributed by atoms with van der Waals surface area (Å²) >= 11 is 6.19. The van der Waals surface area contributed by atoms with E-state index in [1.54, 1.807) is 17.3 Å². The van der Waals surface area contributed by atoms with Gasteiger partial charge in [-0.15, -0.1) is 0 Å². The summed E-state index contributed by atoms with van der Waals surface area (Å²) in [5, 5.41) is 0.658. The van der Waals surface area contributed by atoms with E-state index < -0.39 is 5.92 Å². The largest absolute Gasteiger partial charge is 0.382 e. The lowest BCUT2D eigenvalue weighted by molar-refractivity contribution is -0.118. The quantitative estimate of drug-likeness (QED) is 0.523. The maximum atomic E-state index is 13.5. The molecule has 0 saturated carbocycles. The van der Waals surface area contributed by atoms with E-state index in [2.05, 4.69) is 19.9 Å². The number of anilines is 3. The third-order valence-electron chi connectivity index (χ3n) is 5.26. The highest BCUT2D eigenvalue weighted by Crippen LogP contribution is 2.44. The number of halogens is 1. The summed E-state index contributed by atoms with van der Waals surface area (Å²) in [7, 11) is 0. The standard InChI is InChI=1S/C23H17ClN6O/c24-17-3-1-2-15(7-17)16-4-5-20-18(8-16)19(6-14-9-26-13-27-10-14)23(31)30(20)22-12-28-21(25)11-29-22/h1-5,7-13,19H,6H2,(H2,25,28). The zero-order chi connectivity index (χ0) is 21.4. The first-order valence-corrected chi connectivity index (χ1v) is 10.0. The number of amides is 1. The van der Waals surface area contributed by atoms with Crippen LogP contribution in [0.3, 0.4) is 0 Å². The fourth-order valence-corrected chi connectivity index (χ4v) is 4.03. The first-order chi connectivity index (χ1) is 15.1. The molecule has 1 amide bonds. The minimum Gasteiger partial charge on any atom is -0.382 e. The molecule has 7 nitrogen and oxygen atoms in total. The number of nitrogens with zero attached hydrogens (tertiary/aromatic N) is 5. The molecule has 0 aliphatic carbocycles. The van der Waals surface area contributed by atoms with E-state index in [-0.39, 0.29) is 5.91 Å². The van der Waals surface area contributed by atoms with E-state index in [0.717, 1.165) is 27.9 Å². The summed E-state index contributed by atoms with van der Waals surface area (Å²) in [5.41, 5.74) is 10.2. The SMILES string of the molecule is Nc1cnc(N2C(=O)C(Cc3cncnc3)c3cc(-c4cccc(Cl)c4)ccc32)cn1. The average Bonchev–Trinajstić information content (AvgIpc) is 3.06. The van der Waals surface area contributed by atoms with Gasteiger partial charge in [0.25, 0.3) is 0 Å². The molecule has 1 unspecified atom stereocenters. The van der Waals surface area contributed by atoms with E-state index >= 15 is 0 Å². The predicted octanol–water partition coefficient (Wildman–Crippen LogP) is 4.17. The van der Waals surface area contributed by atoms with Crippen molar-refractivity contribution in [3.8, 4) is 11.1 Å². The van der Waals surface area contributed by atoms with Crippen molar-refractivity contribution in [3.63, 3.8) is 0 Å². The lowest BCUT2D eigenvalue weighted by Crippen LogP contribution is -2.25. The van der Waals surface area contributed by atoms with Crippen molar-refractivity contribution in [1.29, 1.82) is 0 Å². The number of benzene rings is 2. The number of nitrogen functional groups attached to an aromatic ring is 1. The zero-order valence-corrected chi connectivity index (χ0v) is 17.1. The Bertz CT molecular complexity index is 1260. The number of fused-ring (bicyclic) bond motifs is 1. The van der Waals surface area contributed by atoms with Gasteiger partial charge in [-0.05, 0) is 52.9 Å². The van der Waals surface area contributed by atoms with Gasteiger partial charge < -0.3 is 5.73 Å². The number of carbonyl (C=O) groups excluding carboxylic acids is 1. The summed E-state index contributed by atoms with van der Waals surface area (Å²) in [5.74, 6) is 0.244. The maximum absolute atomic E-state index is 13.5. The number of aromatic nitrogens is 4. The van der Waals surface area contributed by atoms with Crippen molar-refractivity contribution < 1.29 is 4.79 Å². The topological polar surface area (TPSA) is 97.9 Å². The van der Waals surface area contributed by atoms with Crippen molar-refractivity contribution >= 4 is 34.8 Å². The first-order valence-electron chi connectivity index (χ1n) is 9.65. The molecule has 2 aromatic heterocycles. The fraction of sp³-hybridized carbons (Fsp3) is 0.0870. The van der Waals surface area contributed by atoms with Crippen LogP contribution in [0.1, 0.15) is 17.0 Å². The maximum Gasteiger partial charge on any atom is 0.240 e. The average molecular weight is 429 g/mol. The highest BCUT2D eigenvalue weighted by Gasteiger charge is 2.39. The molecular formula is C23H17ClN6O. The Morgan fingerprint density at radius 3 is 2.52 bits per heavy atom. The van der Waals surface area contributed by atoms with Crippen LogP contribution in [0.25, 0.3) is 11.1 Å². The lowest BCUT2D eigenvalue weighted by Gasteiger charge is -2.16. The normalized spacial score (nSPS) is 15.2. The first kappa shape index (κ1) is 19.1. The van der Waals surface area contributed by atoms with Crippen molar-refractivity contribution in [1.82, 2.24) is 19.9 Å². The molecule has 1 aliphatic rings. The van der Waals surface area contributed by atoms with Crippen molar-refractivity contribution in [2.45, 2.75) is 12.3 Å². The smallest absolute Gasteiger partial charge is 0.240 e. The highest BCUT2D eigenvalue weighted by molar-refractivity contribution is 6.30. The van der Waals surface area contributed by atoms with E-state index in [9.17, 15) is 4.79 Å². The second-order valence-electron chi connectivity index (χ2n) is 7.26. The molecule has 0 bridgehead atoms. The number of carbonyl (C=O) groups is 1. The number of hydrogen-bond acceptors (Lipinski definition) is 6. The number of hydrogen-bond donors (Lipinski definition) is 1. The van der Waals surface area contributed by atoms with Gasteiger partial charge in [0.15, 0.2) is 5.82 Å². The summed E-state index contributed by atoms with van der Waals surface area (Å²) < 4.78 is 0. The van der Waals surface area contributed by atoms with Crippen LogP contribution in [0.4, 0.5) is 17.3 Å². The van der Waals surface area contributed by atoms with Crippen LogP contribution >= 0.6 is 11.6 Å². The van der Waals surface area contributed by atoms with Gasteiger partial charge in [0, 0.05) is 17.4 Å². The van der Waals surface area contributed by atoms with Crippen molar-refractivity contribution in [3.05, 3.63) is 89.7 Å². The summed E-state index contributed by atoms with van der Waals surface area (Å²) in [6, 6.07) is 13.6. The molecule has 1 atom stereocenters. The second kappa shape index (κ2) is 7.77. The van der Waals surface area contributed by atoms with Crippen LogP contribution in [-0.2, 0) is 11.2 Å². The molecule has 1 aliphatic heterocycles. The van der Waals surface area contributed by atoms with Gasteiger partial charge in [-0.25, -0.2) is 19.9 Å². The fourth-order valence-electron chi connectivity index (χ4n) is 3.84. The van der Waals surface area contributed by atoms with Gasteiger partial charge in [-0.1, -0.05) is 29.8 Å². The monoisotopic (exact) mass is 428 g/mol. The molecule has 8 heteroatoms. The molecule has 0 saturated heterocycles. The number of nitrogens with two attached hydrogens (primary N) is 1. The molecule has 2 aromatic carbocycles. The molecule has 4 aromatic rings. The van der Waals surface area contributed by atoms with Gasteiger partial charge in [0.2, 0.25) is 5.91 Å².